The van der Waals surface area contributed by atoms with Gasteiger partial charge in [-0.1, -0.05) is 23.9 Å². The first-order valence-electron chi connectivity index (χ1n) is 9.55. The third-order valence-electron chi connectivity index (χ3n) is 4.38. The van der Waals surface area contributed by atoms with Gasteiger partial charge in [0.1, 0.15) is 0 Å². The lowest BCUT2D eigenvalue weighted by molar-refractivity contribution is -0.113. The molecule has 0 aliphatic heterocycles. The highest BCUT2D eigenvalue weighted by Gasteiger charge is 2.11. The molecular formula is C22H22N6OS. The zero-order valence-corrected chi connectivity index (χ0v) is 17.6. The van der Waals surface area contributed by atoms with Crippen LogP contribution in [0.2, 0.25) is 0 Å². The number of hydrogen-bond donors (Lipinski definition) is 1. The van der Waals surface area contributed by atoms with E-state index in [2.05, 4.69) is 52.4 Å². The predicted octanol–water partition coefficient (Wildman–Crippen LogP) is 3.86. The number of nitrogens with zero attached hydrogens (tertiary/aromatic N) is 5. The second kappa shape index (κ2) is 8.96. The molecule has 0 spiro atoms. The number of carbonyl (C=O) groups is 1. The van der Waals surface area contributed by atoms with E-state index in [4.69, 9.17) is 0 Å². The van der Waals surface area contributed by atoms with Crippen molar-refractivity contribution in [3.8, 4) is 5.69 Å². The van der Waals surface area contributed by atoms with Crippen LogP contribution in [0.15, 0.2) is 72.4 Å². The molecule has 3 aromatic heterocycles. The number of aryl methyl sites for hydroxylation is 2. The van der Waals surface area contributed by atoms with Crippen molar-refractivity contribution in [2.75, 3.05) is 11.1 Å². The third-order valence-corrected chi connectivity index (χ3v) is 5.35. The normalized spacial score (nSPS) is 10.9. The Hall–Kier alpha value is -3.39. The second-order valence-electron chi connectivity index (χ2n) is 6.98. The van der Waals surface area contributed by atoms with Crippen molar-refractivity contribution in [3.63, 3.8) is 0 Å². The van der Waals surface area contributed by atoms with Crippen LogP contribution in [0, 0.1) is 13.8 Å². The molecule has 0 radical (unpaired) electrons. The van der Waals surface area contributed by atoms with E-state index in [9.17, 15) is 4.79 Å². The van der Waals surface area contributed by atoms with Gasteiger partial charge in [-0.25, -0.2) is 4.98 Å². The van der Waals surface area contributed by atoms with Crippen LogP contribution in [-0.4, -0.2) is 36.0 Å². The molecular weight excluding hydrogens is 396 g/mol. The number of imidazole rings is 1. The van der Waals surface area contributed by atoms with Crippen molar-refractivity contribution in [2.45, 2.75) is 25.5 Å². The van der Waals surface area contributed by atoms with E-state index in [1.807, 2.05) is 35.2 Å². The van der Waals surface area contributed by atoms with Gasteiger partial charge in [0.25, 0.3) is 0 Å². The van der Waals surface area contributed by atoms with Gasteiger partial charge >= 0.3 is 0 Å². The average molecular weight is 419 g/mol. The van der Waals surface area contributed by atoms with Crippen LogP contribution >= 0.6 is 11.8 Å². The van der Waals surface area contributed by atoms with Gasteiger partial charge in [0.2, 0.25) is 5.91 Å². The quantitative estimate of drug-likeness (QED) is 0.461. The fourth-order valence-electron chi connectivity index (χ4n) is 3.17. The van der Waals surface area contributed by atoms with E-state index in [1.165, 1.54) is 22.9 Å². The van der Waals surface area contributed by atoms with Crippen molar-refractivity contribution in [1.82, 2.24) is 24.3 Å². The summed E-state index contributed by atoms with van der Waals surface area (Å²) in [5, 5.41) is 8.00. The molecule has 8 heteroatoms. The molecule has 3 heterocycles. The zero-order chi connectivity index (χ0) is 20.9. The Kier molecular flexibility index (Phi) is 5.94. The number of thioether (sulfide) groups is 1. The number of hydrogen-bond acceptors (Lipinski definition) is 5. The lowest BCUT2D eigenvalue weighted by atomic mass is 10.1. The first-order chi connectivity index (χ1) is 14.6. The number of amides is 1. The van der Waals surface area contributed by atoms with E-state index in [1.54, 1.807) is 23.1 Å². The maximum atomic E-state index is 12.4. The summed E-state index contributed by atoms with van der Waals surface area (Å²) >= 11 is 1.39. The molecule has 4 aromatic rings. The van der Waals surface area contributed by atoms with Crippen LogP contribution in [-0.2, 0) is 11.3 Å². The standard InChI is InChI=1S/C22H22N6OS/c1-16-11-17(2)13-19(12-16)28-10-8-24-22(28)30-15-21(29)25-20-6-9-27(26-20)14-18-5-3-4-7-23-18/h3-13H,14-15H2,1-2H3,(H,25,26,29). The first-order valence-corrected chi connectivity index (χ1v) is 10.5. The van der Waals surface area contributed by atoms with E-state index in [0.717, 1.165) is 16.5 Å². The van der Waals surface area contributed by atoms with E-state index in [0.29, 0.717) is 12.4 Å². The van der Waals surface area contributed by atoms with Gasteiger partial charge in [-0.15, -0.1) is 0 Å². The minimum atomic E-state index is -0.127. The summed E-state index contributed by atoms with van der Waals surface area (Å²) in [6.45, 7) is 4.69. The highest BCUT2D eigenvalue weighted by atomic mass is 32.2. The molecule has 0 saturated heterocycles. The topological polar surface area (TPSA) is 77.6 Å². The average Bonchev–Trinajstić information content (AvgIpc) is 3.36. The number of benzene rings is 1. The second-order valence-corrected chi connectivity index (χ2v) is 7.92. The number of rotatable bonds is 7. The Balaban J connectivity index is 1.35. The molecule has 0 atom stereocenters. The monoisotopic (exact) mass is 418 g/mol. The lowest BCUT2D eigenvalue weighted by Gasteiger charge is -2.09. The van der Waals surface area contributed by atoms with Crippen LogP contribution < -0.4 is 5.32 Å². The molecule has 152 valence electrons. The predicted molar refractivity (Wildman–Crippen MR) is 118 cm³/mol. The first kappa shape index (κ1) is 19.9. The minimum Gasteiger partial charge on any atom is -0.308 e. The molecule has 0 saturated carbocycles. The third kappa shape index (κ3) is 4.96. The molecule has 7 nitrogen and oxygen atoms in total. The van der Waals surface area contributed by atoms with Crippen LogP contribution in [0.1, 0.15) is 16.8 Å². The SMILES string of the molecule is Cc1cc(C)cc(-n2ccnc2SCC(=O)Nc2ccn(Cc3ccccn3)n2)c1. The fourth-order valence-corrected chi connectivity index (χ4v) is 3.94. The molecule has 1 aromatic carbocycles. The van der Waals surface area contributed by atoms with Gasteiger partial charge in [-0.05, 0) is 49.2 Å². The van der Waals surface area contributed by atoms with Crippen molar-refractivity contribution < 1.29 is 4.79 Å². The molecule has 1 N–H and O–H groups in total. The summed E-state index contributed by atoms with van der Waals surface area (Å²) in [5.41, 5.74) is 4.33. The molecule has 30 heavy (non-hydrogen) atoms. The van der Waals surface area contributed by atoms with Crippen molar-refractivity contribution in [2.24, 2.45) is 0 Å². The summed E-state index contributed by atoms with van der Waals surface area (Å²) in [6.07, 6.45) is 7.23. The molecule has 0 aliphatic rings. The molecule has 0 fully saturated rings. The van der Waals surface area contributed by atoms with E-state index < -0.39 is 0 Å². The summed E-state index contributed by atoms with van der Waals surface area (Å²) < 4.78 is 3.75. The van der Waals surface area contributed by atoms with Gasteiger partial charge in [0, 0.05) is 36.5 Å². The van der Waals surface area contributed by atoms with Gasteiger partial charge in [0.05, 0.1) is 18.0 Å². The van der Waals surface area contributed by atoms with Crippen molar-refractivity contribution in [1.29, 1.82) is 0 Å². The maximum Gasteiger partial charge on any atom is 0.236 e. The van der Waals surface area contributed by atoms with Gasteiger partial charge in [0.15, 0.2) is 11.0 Å². The Morgan fingerprint density at radius 3 is 2.63 bits per heavy atom. The van der Waals surface area contributed by atoms with Crippen molar-refractivity contribution >= 4 is 23.5 Å². The lowest BCUT2D eigenvalue weighted by Crippen LogP contribution is -2.15. The summed E-state index contributed by atoms with van der Waals surface area (Å²) in [6, 6.07) is 13.9. The highest BCUT2D eigenvalue weighted by Crippen LogP contribution is 2.22. The molecule has 1 amide bonds. The van der Waals surface area contributed by atoms with Crippen LogP contribution in [0.5, 0.6) is 0 Å². The van der Waals surface area contributed by atoms with Crippen LogP contribution in [0.25, 0.3) is 5.69 Å². The summed E-state index contributed by atoms with van der Waals surface area (Å²) in [7, 11) is 0. The summed E-state index contributed by atoms with van der Waals surface area (Å²) in [5.74, 6) is 0.641. The molecule has 0 bridgehead atoms. The number of carbonyl (C=O) groups excluding carboxylic acids is 1. The van der Waals surface area contributed by atoms with E-state index >= 15 is 0 Å². The van der Waals surface area contributed by atoms with Crippen molar-refractivity contribution in [3.05, 3.63) is 84.1 Å². The zero-order valence-electron chi connectivity index (χ0n) is 16.8. The van der Waals surface area contributed by atoms with Gasteiger partial charge < -0.3 is 5.32 Å². The van der Waals surface area contributed by atoms with E-state index in [-0.39, 0.29) is 11.7 Å². The number of nitrogens with one attached hydrogen (secondary N) is 1. The molecule has 4 rings (SSSR count). The van der Waals surface area contributed by atoms with Crippen LogP contribution in [0.4, 0.5) is 5.82 Å². The highest BCUT2D eigenvalue weighted by molar-refractivity contribution is 7.99. The Bertz CT molecular complexity index is 1130. The molecule has 0 unspecified atom stereocenters. The number of anilines is 1. The van der Waals surface area contributed by atoms with Gasteiger partial charge in [-0.3, -0.25) is 19.0 Å². The van der Waals surface area contributed by atoms with Crippen LogP contribution in [0.3, 0.4) is 0 Å². The van der Waals surface area contributed by atoms with Gasteiger partial charge in [-0.2, -0.15) is 5.10 Å². The number of pyridine rings is 1. The summed E-state index contributed by atoms with van der Waals surface area (Å²) in [4.78, 5) is 21.1. The largest absolute Gasteiger partial charge is 0.308 e. The minimum absolute atomic E-state index is 0.127. The number of aromatic nitrogens is 5. The fraction of sp³-hybridized carbons (Fsp3) is 0.182. The Labute approximate surface area is 179 Å². The Morgan fingerprint density at radius 1 is 1.03 bits per heavy atom. The maximum absolute atomic E-state index is 12.4. The smallest absolute Gasteiger partial charge is 0.236 e. The molecule has 0 aliphatic carbocycles. The Morgan fingerprint density at radius 2 is 1.87 bits per heavy atom.